The summed E-state index contributed by atoms with van der Waals surface area (Å²) in [5.41, 5.74) is 1.91. The fraction of sp³-hybridized carbons (Fsp3) is 0.0625. The lowest BCUT2D eigenvalue weighted by atomic mass is 10.0. The van der Waals surface area contributed by atoms with E-state index in [1.165, 1.54) is 19.1 Å². The standard InChI is InChI=1S/C16H11NO3/c1-12(18)16-5-3-2-4-14(16)9-6-13-7-10-15(11-8-13)17(19)20/h2-5,7-8,10-11H,1H3. The maximum Gasteiger partial charge on any atom is 0.269 e. The van der Waals surface area contributed by atoms with Crippen LogP contribution >= 0.6 is 0 Å². The Bertz CT molecular complexity index is 721. The molecule has 0 aliphatic carbocycles. The van der Waals surface area contributed by atoms with Crippen molar-refractivity contribution in [2.24, 2.45) is 0 Å². The molecule has 0 bridgehead atoms. The van der Waals surface area contributed by atoms with Gasteiger partial charge in [-0.25, -0.2) is 0 Å². The highest BCUT2D eigenvalue weighted by Crippen LogP contribution is 2.12. The number of nitro benzene ring substituents is 1. The van der Waals surface area contributed by atoms with Crippen molar-refractivity contribution in [1.29, 1.82) is 0 Å². The first-order valence-corrected chi connectivity index (χ1v) is 5.94. The van der Waals surface area contributed by atoms with Gasteiger partial charge in [0.1, 0.15) is 0 Å². The number of ketones is 1. The van der Waals surface area contributed by atoms with Gasteiger partial charge in [-0.3, -0.25) is 14.9 Å². The van der Waals surface area contributed by atoms with Crippen molar-refractivity contribution in [2.45, 2.75) is 6.92 Å². The molecular formula is C16H11NO3. The molecule has 0 aliphatic rings. The number of benzene rings is 2. The Labute approximate surface area is 116 Å². The van der Waals surface area contributed by atoms with E-state index in [2.05, 4.69) is 11.8 Å². The molecule has 0 atom stereocenters. The summed E-state index contributed by atoms with van der Waals surface area (Å²) in [6.45, 7) is 1.49. The van der Waals surface area contributed by atoms with E-state index in [9.17, 15) is 14.9 Å². The molecule has 0 N–H and O–H groups in total. The fourth-order valence-corrected chi connectivity index (χ4v) is 1.71. The van der Waals surface area contributed by atoms with Crippen LogP contribution in [0.25, 0.3) is 0 Å². The van der Waals surface area contributed by atoms with Gasteiger partial charge in [0.25, 0.3) is 5.69 Å². The average molecular weight is 265 g/mol. The van der Waals surface area contributed by atoms with Gasteiger partial charge in [0.05, 0.1) is 4.92 Å². The molecule has 2 rings (SSSR count). The second kappa shape index (κ2) is 5.81. The number of rotatable bonds is 2. The van der Waals surface area contributed by atoms with E-state index in [1.807, 2.05) is 6.07 Å². The smallest absolute Gasteiger partial charge is 0.269 e. The number of Topliss-reactive ketones (excluding diaryl/α,β-unsaturated/α-hetero) is 1. The third kappa shape index (κ3) is 3.09. The Kier molecular flexibility index (Phi) is 3.92. The zero-order chi connectivity index (χ0) is 14.5. The molecule has 0 spiro atoms. The quantitative estimate of drug-likeness (QED) is 0.362. The van der Waals surface area contributed by atoms with Crippen LogP contribution in [0.5, 0.6) is 0 Å². The summed E-state index contributed by atoms with van der Waals surface area (Å²) < 4.78 is 0. The van der Waals surface area contributed by atoms with Crippen molar-refractivity contribution in [3.8, 4) is 11.8 Å². The summed E-state index contributed by atoms with van der Waals surface area (Å²) in [4.78, 5) is 21.5. The van der Waals surface area contributed by atoms with Crippen LogP contribution in [0.2, 0.25) is 0 Å². The molecule has 0 radical (unpaired) electrons. The van der Waals surface area contributed by atoms with Crippen molar-refractivity contribution >= 4 is 11.5 Å². The van der Waals surface area contributed by atoms with Crippen molar-refractivity contribution in [2.75, 3.05) is 0 Å². The summed E-state index contributed by atoms with van der Waals surface area (Å²) >= 11 is 0. The number of hydrogen-bond donors (Lipinski definition) is 0. The lowest BCUT2D eigenvalue weighted by Gasteiger charge is -1.98. The Morgan fingerprint density at radius 3 is 2.30 bits per heavy atom. The van der Waals surface area contributed by atoms with Crippen LogP contribution in [0, 0.1) is 22.0 Å². The van der Waals surface area contributed by atoms with Crippen molar-refractivity contribution in [3.63, 3.8) is 0 Å². The van der Waals surface area contributed by atoms with Gasteiger partial charge in [0.2, 0.25) is 0 Å². The zero-order valence-corrected chi connectivity index (χ0v) is 10.8. The number of non-ortho nitro benzene ring substituents is 1. The van der Waals surface area contributed by atoms with Gasteiger partial charge in [0, 0.05) is 28.8 Å². The second-order valence-electron chi connectivity index (χ2n) is 4.16. The average Bonchev–Trinajstić information content (AvgIpc) is 2.45. The van der Waals surface area contributed by atoms with Gasteiger partial charge in [-0.15, -0.1) is 0 Å². The van der Waals surface area contributed by atoms with Gasteiger partial charge in [-0.2, -0.15) is 0 Å². The monoisotopic (exact) mass is 265 g/mol. The van der Waals surface area contributed by atoms with Gasteiger partial charge in [0.15, 0.2) is 5.78 Å². The Morgan fingerprint density at radius 2 is 1.70 bits per heavy atom. The predicted molar refractivity (Wildman–Crippen MR) is 75.5 cm³/mol. The summed E-state index contributed by atoms with van der Waals surface area (Å²) in [6.07, 6.45) is 0. The number of carbonyl (C=O) groups excluding carboxylic acids is 1. The summed E-state index contributed by atoms with van der Waals surface area (Å²) in [6, 6.07) is 13.1. The van der Waals surface area contributed by atoms with E-state index in [0.717, 1.165) is 0 Å². The summed E-state index contributed by atoms with van der Waals surface area (Å²) in [5, 5.41) is 10.5. The first kappa shape index (κ1) is 13.5. The molecule has 0 saturated heterocycles. The first-order chi connectivity index (χ1) is 9.58. The minimum atomic E-state index is -0.456. The molecular weight excluding hydrogens is 254 g/mol. The van der Waals surface area contributed by atoms with Crippen LogP contribution < -0.4 is 0 Å². The van der Waals surface area contributed by atoms with Gasteiger partial charge in [-0.05, 0) is 25.1 Å². The number of carbonyl (C=O) groups is 1. The molecule has 0 aliphatic heterocycles. The van der Waals surface area contributed by atoms with Gasteiger partial charge >= 0.3 is 0 Å². The van der Waals surface area contributed by atoms with Crippen LogP contribution in [0.15, 0.2) is 48.5 Å². The van der Waals surface area contributed by atoms with Crippen LogP contribution in [0.4, 0.5) is 5.69 Å². The molecule has 0 unspecified atom stereocenters. The third-order valence-corrected chi connectivity index (χ3v) is 2.73. The topological polar surface area (TPSA) is 60.2 Å². The van der Waals surface area contributed by atoms with Gasteiger partial charge < -0.3 is 0 Å². The van der Waals surface area contributed by atoms with E-state index in [4.69, 9.17) is 0 Å². The molecule has 0 fully saturated rings. The highest BCUT2D eigenvalue weighted by atomic mass is 16.6. The maximum absolute atomic E-state index is 11.5. The maximum atomic E-state index is 11.5. The molecule has 0 heterocycles. The molecule has 0 amide bonds. The van der Waals surface area contributed by atoms with Crippen molar-refractivity contribution in [1.82, 2.24) is 0 Å². The fourth-order valence-electron chi connectivity index (χ4n) is 1.71. The molecule has 0 saturated carbocycles. The SMILES string of the molecule is CC(=O)c1ccccc1C#Cc1ccc([N+](=O)[O-])cc1. The normalized spacial score (nSPS) is 9.45. The van der Waals surface area contributed by atoms with Crippen LogP contribution in [0.1, 0.15) is 28.4 Å². The van der Waals surface area contributed by atoms with E-state index >= 15 is 0 Å². The Balaban J connectivity index is 2.31. The molecule has 4 heteroatoms. The number of nitrogens with zero attached hydrogens (tertiary/aromatic N) is 1. The summed E-state index contributed by atoms with van der Waals surface area (Å²) in [5.74, 6) is 5.77. The van der Waals surface area contributed by atoms with Gasteiger partial charge in [-0.1, -0.05) is 30.0 Å². The number of hydrogen-bond acceptors (Lipinski definition) is 3. The first-order valence-electron chi connectivity index (χ1n) is 5.94. The van der Waals surface area contributed by atoms with Crippen LogP contribution in [0.3, 0.4) is 0 Å². The zero-order valence-electron chi connectivity index (χ0n) is 10.8. The molecule has 2 aromatic carbocycles. The van der Waals surface area contributed by atoms with Crippen molar-refractivity contribution < 1.29 is 9.72 Å². The lowest BCUT2D eigenvalue weighted by Crippen LogP contribution is -1.95. The van der Waals surface area contributed by atoms with Crippen molar-refractivity contribution in [3.05, 3.63) is 75.3 Å². The van der Waals surface area contributed by atoms with E-state index in [1.54, 1.807) is 30.3 Å². The van der Waals surface area contributed by atoms with Crippen LogP contribution in [-0.2, 0) is 0 Å². The number of nitro groups is 1. The third-order valence-electron chi connectivity index (χ3n) is 2.73. The predicted octanol–water partition coefficient (Wildman–Crippen LogP) is 3.20. The Hall–Kier alpha value is -2.93. The molecule has 2 aromatic rings. The lowest BCUT2D eigenvalue weighted by molar-refractivity contribution is -0.384. The largest absolute Gasteiger partial charge is 0.294 e. The molecule has 20 heavy (non-hydrogen) atoms. The van der Waals surface area contributed by atoms with Crippen LogP contribution in [-0.4, -0.2) is 10.7 Å². The van der Waals surface area contributed by atoms with E-state index in [-0.39, 0.29) is 11.5 Å². The molecule has 98 valence electrons. The minimum Gasteiger partial charge on any atom is -0.294 e. The van der Waals surface area contributed by atoms with E-state index in [0.29, 0.717) is 16.7 Å². The Morgan fingerprint density at radius 1 is 1.05 bits per heavy atom. The highest BCUT2D eigenvalue weighted by molar-refractivity contribution is 5.96. The minimum absolute atomic E-state index is 0.0275. The molecule has 0 aromatic heterocycles. The van der Waals surface area contributed by atoms with E-state index < -0.39 is 4.92 Å². The highest BCUT2D eigenvalue weighted by Gasteiger charge is 2.04. The summed E-state index contributed by atoms with van der Waals surface area (Å²) in [7, 11) is 0. The molecule has 4 nitrogen and oxygen atoms in total. The second-order valence-corrected chi connectivity index (χ2v) is 4.16.